The number of rotatable bonds is 7. The number of halogens is 2. The lowest BCUT2D eigenvalue weighted by atomic mass is 10.1. The van der Waals surface area contributed by atoms with Crippen molar-refractivity contribution in [3.8, 4) is 17.2 Å². The van der Waals surface area contributed by atoms with Crippen molar-refractivity contribution in [1.82, 2.24) is 10.2 Å². The molecule has 0 bridgehead atoms. The van der Waals surface area contributed by atoms with Gasteiger partial charge in [0.1, 0.15) is 17.5 Å². The Bertz CT molecular complexity index is 1110. The first-order valence-corrected chi connectivity index (χ1v) is 10.9. The maximum Gasteiger partial charge on any atom is 0.320 e. The molecule has 1 heterocycles. The smallest absolute Gasteiger partial charge is 0.320 e. The van der Waals surface area contributed by atoms with Gasteiger partial charge in [0.05, 0.1) is 12.8 Å². The number of hydrogen-bond donors (Lipinski definition) is 4. The van der Waals surface area contributed by atoms with Crippen LogP contribution in [-0.4, -0.2) is 32.4 Å². The Hall–Kier alpha value is -2.19. The van der Waals surface area contributed by atoms with E-state index in [-0.39, 0.29) is 17.7 Å². The van der Waals surface area contributed by atoms with Crippen LogP contribution in [0.1, 0.15) is 16.8 Å². The highest BCUT2D eigenvalue weighted by Gasteiger charge is 2.16. The first kappa shape index (κ1) is 22.5. The monoisotopic (exact) mass is 633 g/mol. The number of aromatic nitrogens is 2. The van der Waals surface area contributed by atoms with E-state index in [0.717, 1.165) is 12.7 Å². The number of aliphatic carboxylic acids is 1. The van der Waals surface area contributed by atoms with E-state index in [1.165, 1.54) is 12.1 Å². The molecule has 2 aromatic carbocycles. The summed E-state index contributed by atoms with van der Waals surface area (Å²) in [4.78, 5) is 22.1. The summed E-state index contributed by atoms with van der Waals surface area (Å²) in [6, 6.07) is 10.6. The Labute approximate surface area is 198 Å². The minimum Gasteiger partial charge on any atom is -0.508 e. The zero-order chi connectivity index (χ0) is 21.8. The third-order valence-corrected chi connectivity index (χ3v) is 5.81. The summed E-state index contributed by atoms with van der Waals surface area (Å²) in [6.07, 6.45) is 0.539. The van der Waals surface area contributed by atoms with Gasteiger partial charge in [-0.3, -0.25) is 9.59 Å². The Balaban J connectivity index is 1.83. The number of nitrogens with one attached hydrogen (secondary N) is 1. The van der Waals surface area contributed by atoms with E-state index in [1.807, 2.05) is 12.1 Å². The SMILES string of the molecule is NC(Cc1cc(I)c(Oc2ccc(O)c(Cc3ccc(=O)[nH]n3)c2)c(I)c1)C(=O)O. The summed E-state index contributed by atoms with van der Waals surface area (Å²) in [7, 11) is 0. The van der Waals surface area contributed by atoms with Gasteiger partial charge in [0, 0.05) is 18.1 Å². The van der Waals surface area contributed by atoms with Gasteiger partial charge in [-0.1, -0.05) is 0 Å². The summed E-state index contributed by atoms with van der Waals surface area (Å²) < 4.78 is 7.67. The number of phenols is 1. The van der Waals surface area contributed by atoms with Crippen LogP contribution >= 0.6 is 45.2 Å². The molecule has 10 heteroatoms. The third-order valence-electron chi connectivity index (χ3n) is 4.21. The Morgan fingerprint density at radius 1 is 1.17 bits per heavy atom. The molecule has 1 aromatic heterocycles. The lowest BCUT2D eigenvalue weighted by molar-refractivity contribution is -0.138. The number of phenolic OH excluding ortho intramolecular Hbond substituents is 1. The third kappa shape index (κ3) is 5.70. The number of benzene rings is 2. The van der Waals surface area contributed by atoms with Gasteiger partial charge in [-0.25, -0.2) is 5.10 Å². The molecule has 0 aliphatic rings. The average molecular weight is 633 g/mol. The molecule has 5 N–H and O–H groups in total. The number of carbonyl (C=O) groups is 1. The predicted molar refractivity (Wildman–Crippen MR) is 127 cm³/mol. The Kier molecular flexibility index (Phi) is 7.31. The van der Waals surface area contributed by atoms with Crippen LogP contribution in [0, 0.1) is 7.14 Å². The molecular weight excluding hydrogens is 616 g/mol. The molecule has 0 radical (unpaired) electrons. The van der Waals surface area contributed by atoms with Crippen molar-refractivity contribution >= 4 is 51.2 Å². The zero-order valence-corrected chi connectivity index (χ0v) is 19.7. The second kappa shape index (κ2) is 9.75. The molecule has 1 unspecified atom stereocenters. The standard InChI is InChI=1S/C20H17I2N3O5/c21-14-5-10(7-16(23)20(28)29)6-15(22)19(14)30-13-2-3-17(26)11(9-13)8-12-1-4-18(27)25-24-12/h1-6,9,16,26H,7-8,23H2,(H,25,27)(H,28,29). The van der Waals surface area contributed by atoms with Crippen LogP contribution in [0.4, 0.5) is 0 Å². The number of carboxylic acid groups (broad SMARTS) is 1. The van der Waals surface area contributed by atoms with Gasteiger partial charge in [-0.2, -0.15) is 5.10 Å². The number of aromatic amines is 1. The molecule has 0 amide bonds. The quantitative estimate of drug-likeness (QED) is 0.294. The van der Waals surface area contributed by atoms with Crippen LogP contribution in [0.3, 0.4) is 0 Å². The maximum absolute atomic E-state index is 11.2. The predicted octanol–water partition coefficient (Wildman–Crippen LogP) is 3.02. The molecule has 0 aliphatic heterocycles. The van der Waals surface area contributed by atoms with E-state index < -0.39 is 12.0 Å². The lowest BCUT2D eigenvalue weighted by Crippen LogP contribution is -2.32. The molecule has 0 fully saturated rings. The lowest BCUT2D eigenvalue weighted by Gasteiger charge is -2.14. The highest BCUT2D eigenvalue weighted by molar-refractivity contribution is 14.1. The van der Waals surface area contributed by atoms with Gasteiger partial charge >= 0.3 is 5.97 Å². The largest absolute Gasteiger partial charge is 0.508 e. The fraction of sp³-hybridized carbons (Fsp3) is 0.150. The number of aromatic hydroxyl groups is 1. The first-order chi connectivity index (χ1) is 14.2. The summed E-state index contributed by atoms with van der Waals surface area (Å²) in [5.74, 6) is 0.201. The van der Waals surface area contributed by atoms with Crippen LogP contribution in [0.25, 0.3) is 0 Å². The molecule has 0 saturated heterocycles. The molecule has 8 nitrogen and oxygen atoms in total. The van der Waals surface area contributed by atoms with Crippen molar-refractivity contribution in [3.05, 3.63) is 76.8 Å². The molecule has 30 heavy (non-hydrogen) atoms. The van der Waals surface area contributed by atoms with E-state index in [4.69, 9.17) is 15.6 Å². The zero-order valence-electron chi connectivity index (χ0n) is 15.4. The molecule has 0 spiro atoms. The van der Waals surface area contributed by atoms with Crippen LogP contribution in [0.5, 0.6) is 17.2 Å². The normalized spacial score (nSPS) is 11.8. The van der Waals surface area contributed by atoms with Crippen LogP contribution in [0.2, 0.25) is 0 Å². The van der Waals surface area contributed by atoms with Crippen molar-refractivity contribution < 1.29 is 19.7 Å². The van der Waals surface area contributed by atoms with E-state index in [2.05, 4.69) is 55.4 Å². The fourth-order valence-electron chi connectivity index (χ4n) is 2.72. The van der Waals surface area contributed by atoms with Crippen molar-refractivity contribution in [2.45, 2.75) is 18.9 Å². The second-order valence-electron chi connectivity index (χ2n) is 6.52. The number of hydrogen-bond acceptors (Lipinski definition) is 6. The highest BCUT2D eigenvalue weighted by atomic mass is 127. The molecule has 156 valence electrons. The number of H-pyrrole nitrogens is 1. The van der Waals surface area contributed by atoms with Crippen LogP contribution in [0.15, 0.2) is 47.3 Å². The van der Waals surface area contributed by atoms with Crippen LogP contribution in [-0.2, 0) is 17.6 Å². The fourth-order valence-corrected chi connectivity index (χ4v) is 4.84. The van der Waals surface area contributed by atoms with Crippen molar-refractivity contribution in [2.75, 3.05) is 0 Å². The minimum atomic E-state index is -1.05. The second-order valence-corrected chi connectivity index (χ2v) is 8.84. The van der Waals surface area contributed by atoms with E-state index in [1.54, 1.807) is 18.2 Å². The number of carboxylic acids is 1. The summed E-state index contributed by atoms with van der Waals surface area (Å²) >= 11 is 4.26. The number of ether oxygens (including phenoxy) is 1. The van der Waals surface area contributed by atoms with Gasteiger partial charge < -0.3 is 20.7 Å². The average Bonchev–Trinajstić information content (AvgIpc) is 2.68. The van der Waals surface area contributed by atoms with Gasteiger partial charge in [-0.05, 0) is 93.6 Å². The maximum atomic E-state index is 11.2. The highest BCUT2D eigenvalue weighted by Crippen LogP contribution is 2.35. The summed E-state index contributed by atoms with van der Waals surface area (Å²) in [6.45, 7) is 0. The molecule has 1 atom stereocenters. The minimum absolute atomic E-state index is 0.0951. The Morgan fingerprint density at radius 3 is 2.47 bits per heavy atom. The topological polar surface area (TPSA) is 139 Å². The van der Waals surface area contributed by atoms with Gasteiger partial charge in [-0.15, -0.1) is 0 Å². The van der Waals surface area contributed by atoms with E-state index in [9.17, 15) is 14.7 Å². The van der Waals surface area contributed by atoms with E-state index in [0.29, 0.717) is 29.2 Å². The molecule has 3 aromatic rings. The van der Waals surface area contributed by atoms with Crippen molar-refractivity contribution in [1.29, 1.82) is 0 Å². The summed E-state index contributed by atoms with van der Waals surface area (Å²) in [5, 5.41) is 25.5. The summed E-state index contributed by atoms with van der Waals surface area (Å²) in [5.41, 5.74) is 7.34. The molecule has 3 rings (SSSR count). The molecule has 0 saturated carbocycles. The molecule has 0 aliphatic carbocycles. The first-order valence-electron chi connectivity index (χ1n) is 8.73. The van der Waals surface area contributed by atoms with Crippen molar-refractivity contribution in [2.24, 2.45) is 5.73 Å². The Morgan fingerprint density at radius 2 is 1.87 bits per heavy atom. The van der Waals surface area contributed by atoms with Gasteiger partial charge in [0.2, 0.25) is 0 Å². The number of nitrogens with two attached hydrogens (primary N) is 1. The van der Waals surface area contributed by atoms with Gasteiger partial charge in [0.25, 0.3) is 5.56 Å². The van der Waals surface area contributed by atoms with Gasteiger partial charge in [0.15, 0.2) is 5.75 Å². The number of nitrogens with zero attached hydrogens (tertiary/aromatic N) is 1. The molecular formula is C20H17I2N3O5. The van der Waals surface area contributed by atoms with E-state index >= 15 is 0 Å². The van der Waals surface area contributed by atoms with Crippen LogP contribution < -0.4 is 16.0 Å². The van der Waals surface area contributed by atoms with Crippen molar-refractivity contribution in [3.63, 3.8) is 0 Å².